The Morgan fingerprint density at radius 3 is 2.50 bits per heavy atom. The van der Waals surface area contributed by atoms with Gasteiger partial charge in [-0.2, -0.15) is 0 Å². The summed E-state index contributed by atoms with van der Waals surface area (Å²) in [6.07, 6.45) is 1.66. The van der Waals surface area contributed by atoms with Gasteiger partial charge in [-0.25, -0.2) is 4.98 Å². The van der Waals surface area contributed by atoms with Crippen LogP contribution in [0.1, 0.15) is 0 Å². The van der Waals surface area contributed by atoms with E-state index in [1.807, 2.05) is 42.5 Å². The van der Waals surface area contributed by atoms with Crippen molar-refractivity contribution in [2.75, 3.05) is 26.6 Å². The van der Waals surface area contributed by atoms with E-state index in [2.05, 4.69) is 10.3 Å². The van der Waals surface area contributed by atoms with Gasteiger partial charge in [-0.15, -0.1) is 0 Å². The second-order valence-corrected chi connectivity index (χ2v) is 4.96. The number of aromatic nitrogens is 1. The fourth-order valence-electron chi connectivity index (χ4n) is 2.28. The molecule has 124 valence electrons. The lowest BCUT2D eigenvalue weighted by Gasteiger charge is -2.09. The van der Waals surface area contributed by atoms with Crippen molar-refractivity contribution in [3.05, 3.63) is 48.7 Å². The molecule has 0 amide bonds. The summed E-state index contributed by atoms with van der Waals surface area (Å²) in [7, 11) is 4.82. The van der Waals surface area contributed by atoms with E-state index in [0.717, 1.165) is 17.0 Å². The second kappa shape index (κ2) is 6.95. The molecule has 1 heterocycles. The average Bonchev–Trinajstić information content (AvgIpc) is 3.10. The molecule has 24 heavy (non-hydrogen) atoms. The minimum Gasteiger partial charge on any atom is -0.497 e. The molecule has 0 bridgehead atoms. The van der Waals surface area contributed by atoms with Crippen molar-refractivity contribution in [1.29, 1.82) is 0 Å². The number of anilines is 2. The molecule has 2 aromatic carbocycles. The molecular weight excluding hydrogens is 308 g/mol. The minimum absolute atomic E-state index is 0.389. The summed E-state index contributed by atoms with van der Waals surface area (Å²) in [5.74, 6) is 2.70. The summed E-state index contributed by atoms with van der Waals surface area (Å²) in [6, 6.07) is 13.5. The molecule has 3 aromatic rings. The van der Waals surface area contributed by atoms with Crippen molar-refractivity contribution in [2.45, 2.75) is 0 Å². The van der Waals surface area contributed by atoms with E-state index in [4.69, 9.17) is 18.6 Å². The van der Waals surface area contributed by atoms with Gasteiger partial charge in [-0.3, -0.25) is 0 Å². The lowest BCUT2D eigenvalue weighted by molar-refractivity contribution is 0.355. The summed E-state index contributed by atoms with van der Waals surface area (Å²) in [6.45, 7) is 0. The van der Waals surface area contributed by atoms with Crippen LogP contribution in [0.3, 0.4) is 0 Å². The Morgan fingerprint density at radius 1 is 0.917 bits per heavy atom. The Hall–Kier alpha value is -3.15. The number of hydrogen-bond donors (Lipinski definition) is 1. The van der Waals surface area contributed by atoms with Gasteiger partial charge in [-0.1, -0.05) is 12.1 Å². The Bertz CT molecular complexity index is 829. The van der Waals surface area contributed by atoms with E-state index in [1.165, 1.54) is 0 Å². The molecule has 0 atom stereocenters. The first kappa shape index (κ1) is 15.7. The molecule has 0 unspecified atom stereocenters. The van der Waals surface area contributed by atoms with Gasteiger partial charge in [0.05, 0.1) is 27.5 Å². The molecule has 0 spiro atoms. The molecule has 0 aliphatic heterocycles. The van der Waals surface area contributed by atoms with Gasteiger partial charge >= 0.3 is 0 Å². The number of rotatable bonds is 6. The first-order chi connectivity index (χ1) is 11.7. The maximum atomic E-state index is 5.75. The van der Waals surface area contributed by atoms with E-state index in [1.54, 1.807) is 27.5 Å². The predicted molar refractivity (Wildman–Crippen MR) is 91.3 cm³/mol. The Balaban J connectivity index is 1.81. The number of ether oxygens (including phenoxy) is 3. The highest BCUT2D eigenvalue weighted by molar-refractivity contribution is 5.63. The molecule has 1 aromatic heterocycles. The lowest BCUT2D eigenvalue weighted by Crippen LogP contribution is -1.94. The van der Waals surface area contributed by atoms with Crippen LogP contribution in [-0.2, 0) is 0 Å². The zero-order valence-corrected chi connectivity index (χ0v) is 13.7. The third kappa shape index (κ3) is 3.27. The summed E-state index contributed by atoms with van der Waals surface area (Å²) in [5.41, 5.74) is 1.67. The quantitative estimate of drug-likeness (QED) is 0.735. The summed E-state index contributed by atoms with van der Waals surface area (Å²) < 4.78 is 21.5. The van der Waals surface area contributed by atoms with Crippen molar-refractivity contribution in [3.63, 3.8) is 0 Å². The van der Waals surface area contributed by atoms with Gasteiger partial charge in [0.15, 0.2) is 17.3 Å². The molecule has 0 aliphatic carbocycles. The molecule has 1 N–H and O–H groups in total. The smallest absolute Gasteiger partial charge is 0.299 e. The average molecular weight is 326 g/mol. The van der Waals surface area contributed by atoms with Gasteiger partial charge in [-0.05, 0) is 24.3 Å². The second-order valence-electron chi connectivity index (χ2n) is 4.96. The van der Waals surface area contributed by atoms with Gasteiger partial charge in [0.2, 0.25) is 0 Å². The molecule has 0 saturated carbocycles. The van der Waals surface area contributed by atoms with E-state index >= 15 is 0 Å². The monoisotopic (exact) mass is 326 g/mol. The largest absolute Gasteiger partial charge is 0.497 e. The number of nitrogens with one attached hydrogen (secondary N) is 1. The molecule has 6 nitrogen and oxygen atoms in total. The zero-order valence-electron chi connectivity index (χ0n) is 13.7. The molecular formula is C18H18N2O4. The summed E-state index contributed by atoms with van der Waals surface area (Å²) >= 11 is 0. The summed E-state index contributed by atoms with van der Waals surface area (Å²) in [5, 5.41) is 3.10. The zero-order chi connectivity index (χ0) is 16.9. The van der Waals surface area contributed by atoms with E-state index in [0.29, 0.717) is 23.3 Å². The molecule has 0 saturated heterocycles. The van der Waals surface area contributed by atoms with Crippen LogP contribution in [0, 0.1) is 0 Å². The maximum absolute atomic E-state index is 5.75. The highest BCUT2D eigenvalue weighted by atomic mass is 16.5. The lowest BCUT2D eigenvalue weighted by atomic mass is 10.2. The fourth-order valence-corrected chi connectivity index (χ4v) is 2.28. The standard InChI is InChI=1S/C18H18N2O4/c1-21-14-6-4-5-12(9-14)17-11-19-18(24-17)20-13-7-8-15(22-2)16(10-13)23-3/h4-11H,1-3H3,(H,19,20). The number of methoxy groups -OCH3 is 3. The first-order valence-corrected chi connectivity index (χ1v) is 7.33. The van der Waals surface area contributed by atoms with Crippen molar-refractivity contribution in [2.24, 2.45) is 0 Å². The predicted octanol–water partition coefficient (Wildman–Crippen LogP) is 4.11. The van der Waals surface area contributed by atoms with Crippen molar-refractivity contribution in [3.8, 4) is 28.6 Å². The van der Waals surface area contributed by atoms with Crippen molar-refractivity contribution in [1.82, 2.24) is 4.98 Å². The summed E-state index contributed by atoms with van der Waals surface area (Å²) in [4.78, 5) is 4.25. The van der Waals surface area contributed by atoms with Gasteiger partial charge < -0.3 is 23.9 Å². The van der Waals surface area contributed by atoms with Gasteiger partial charge in [0, 0.05) is 17.3 Å². The van der Waals surface area contributed by atoms with Crippen LogP contribution in [0.2, 0.25) is 0 Å². The van der Waals surface area contributed by atoms with Crippen molar-refractivity contribution < 1.29 is 18.6 Å². The SMILES string of the molecule is COc1cccc(-c2cnc(Nc3ccc(OC)c(OC)c3)o2)c1. The number of benzene rings is 2. The Labute approximate surface area is 140 Å². The van der Waals surface area contributed by atoms with Crippen LogP contribution in [0.15, 0.2) is 53.1 Å². The minimum atomic E-state index is 0.389. The first-order valence-electron chi connectivity index (χ1n) is 7.33. The molecule has 0 aliphatic rings. The number of nitrogens with zero attached hydrogens (tertiary/aromatic N) is 1. The molecule has 6 heteroatoms. The highest BCUT2D eigenvalue weighted by Gasteiger charge is 2.09. The fraction of sp³-hybridized carbons (Fsp3) is 0.167. The van der Waals surface area contributed by atoms with Crippen LogP contribution in [0.4, 0.5) is 11.7 Å². The highest BCUT2D eigenvalue weighted by Crippen LogP contribution is 2.32. The molecule has 0 radical (unpaired) electrons. The van der Waals surface area contributed by atoms with Crippen LogP contribution in [0.25, 0.3) is 11.3 Å². The molecule has 3 rings (SSSR count). The Morgan fingerprint density at radius 2 is 1.75 bits per heavy atom. The third-order valence-electron chi connectivity index (χ3n) is 3.49. The van der Waals surface area contributed by atoms with Crippen LogP contribution < -0.4 is 19.5 Å². The molecule has 0 fully saturated rings. The third-order valence-corrected chi connectivity index (χ3v) is 3.49. The number of oxazole rings is 1. The van der Waals surface area contributed by atoms with Gasteiger partial charge in [0.25, 0.3) is 6.01 Å². The van der Waals surface area contributed by atoms with Gasteiger partial charge in [0.1, 0.15) is 5.75 Å². The van der Waals surface area contributed by atoms with Crippen LogP contribution in [0.5, 0.6) is 17.2 Å². The van der Waals surface area contributed by atoms with E-state index < -0.39 is 0 Å². The normalized spacial score (nSPS) is 10.3. The van der Waals surface area contributed by atoms with Crippen molar-refractivity contribution >= 4 is 11.7 Å². The van der Waals surface area contributed by atoms with Crippen LogP contribution in [-0.4, -0.2) is 26.3 Å². The maximum Gasteiger partial charge on any atom is 0.299 e. The topological polar surface area (TPSA) is 65.8 Å². The Kier molecular flexibility index (Phi) is 4.56. The van der Waals surface area contributed by atoms with Crippen LogP contribution >= 0.6 is 0 Å². The van der Waals surface area contributed by atoms with E-state index in [9.17, 15) is 0 Å². The van der Waals surface area contributed by atoms with E-state index in [-0.39, 0.29) is 0 Å². The number of hydrogen-bond acceptors (Lipinski definition) is 6.